The average molecular weight is 391 g/mol. The van der Waals surface area contributed by atoms with Crippen LogP contribution in [0.3, 0.4) is 0 Å². The van der Waals surface area contributed by atoms with Crippen molar-refractivity contribution >= 4 is 27.5 Å². The normalized spacial score (nSPS) is 11.5. The number of nitrogens with zero attached hydrogens (tertiary/aromatic N) is 2. The molecule has 0 aliphatic rings. The van der Waals surface area contributed by atoms with Crippen molar-refractivity contribution in [3.63, 3.8) is 0 Å². The molecule has 3 aromatic rings. The maximum absolute atomic E-state index is 12.8. The second-order valence-corrected chi connectivity index (χ2v) is 8.06. The first-order valence-corrected chi connectivity index (χ1v) is 9.47. The highest BCUT2D eigenvalue weighted by molar-refractivity contribution is 7.90. The standard InChI is InChI=1S/C18H15ClN2O4S/c1-12-3-8-16(11-13(12)2)26(24,25)21-10-9-20(18(21)23)17(22)14-4-6-15(19)7-5-14/h3-11H,1-2H3. The number of rotatable bonds is 3. The molecule has 0 saturated heterocycles. The second-order valence-electron chi connectivity index (χ2n) is 5.81. The number of imidazole rings is 1. The van der Waals surface area contributed by atoms with Gasteiger partial charge >= 0.3 is 5.69 Å². The van der Waals surface area contributed by atoms with Crippen LogP contribution in [0, 0.1) is 13.8 Å². The van der Waals surface area contributed by atoms with Crippen LogP contribution < -0.4 is 5.69 Å². The van der Waals surface area contributed by atoms with Gasteiger partial charge in [0.2, 0.25) is 0 Å². The van der Waals surface area contributed by atoms with Crippen LogP contribution in [0.15, 0.2) is 64.5 Å². The number of hydrogen-bond acceptors (Lipinski definition) is 4. The predicted octanol–water partition coefficient (Wildman–Crippen LogP) is 2.85. The highest BCUT2D eigenvalue weighted by Crippen LogP contribution is 2.17. The van der Waals surface area contributed by atoms with Crippen molar-refractivity contribution in [2.75, 3.05) is 0 Å². The van der Waals surface area contributed by atoms with Crippen LogP contribution in [0.5, 0.6) is 0 Å². The lowest BCUT2D eigenvalue weighted by molar-refractivity contribution is 0.0956. The number of carbonyl (C=O) groups excluding carboxylic acids is 1. The third-order valence-electron chi connectivity index (χ3n) is 4.09. The zero-order chi connectivity index (χ0) is 19.1. The highest BCUT2D eigenvalue weighted by atomic mass is 35.5. The van der Waals surface area contributed by atoms with Crippen LogP contribution in [-0.4, -0.2) is 22.9 Å². The Hall–Kier alpha value is -2.64. The van der Waals surface area contributed by atoms with Gasteiger partial charge < -0.3 is 0 Å². The summed E-state index contributed by atoms with van der Waals surface area (Å²) < 4.78 is 26.8. The summed E-state index contributed by atoms with van der Waals surface area (Å²) in [7, 11) is -4.10. The van der Waals surface area contributed by atoms with Crippen molar-refractivity contribution < 1.29 is 13.2 Å². The molecule has 8 heteroatoms. The first-order chi connectivity index (χ1) is 12.2. The number of aromatic nitrogens is 2. The van der Waals surface area contributed by atoms with E-state index in [2.05, 4.69) is 0 Å². The van der Waals surface area contributed by atoms with Gasteiger partial charge in [0.05, 0.1) is 4.90 Å². The second kappa shape index (κ2) is 6.59. The maximum Gasteiger partial charge on any atom is 0.349 e. The smallest absolute Gasteiger partial charge is 0.268 e. The SMILES string of the molecule is Cc1ccc(S(=O)(=O)n2ccn(C(=O)c3ccc(Cl)cc3)c2=O)cc1C. The molecule has 1 aromatic heterocycles. The van der Waals surface area contributed by atoms with Crippen LogP contribution >= 0.6 is 11.6 Å². The van der Waals surface area contributed by atoms with E-state index in [0.29, 0.717) is 9.00 Å². The van der Waals surface area contributed by atoms with Crippen molar-refractivity contribution in [2.24, 2.45) is 0 Å². The molecule has 0 saturated carbocycles. The van der Waals surface area contributed by atoms with Crippen molar-refractivity contribution in [3.05, 3.63) is 87.1 Å². The average Bonchev–Trinajstić information content (AvgIpc) is 2.99. The molecular formula is C18H15ClN2O4S. The summed E-state index contributed by atoms with van der Waals surface area (Å²) in [5.74, 6) is -0.638. The van der Waals surface area contributed by atoms with Gasteiger partial charge in [-0.3, -0.25) is 4.79 Å². The van der Waals surface area contributed by atoms with Crippen LogP contribution in [0.2, 0.25) is 5.02 Å². The molecule has 1 heterocycles. The molecule has 0 aliphatic carbocycles. The third kappa shape index (κ3) is 3.11. The third-order valence-corrected chi connectivity index (χ3v) is 5.99. The molecule has 0 aliphatic heterocycles. The Morgan fingerprint density at radius 2 is 1.62 bits per heavy atom. The number of hydrogen-bond donors (Lipinski definition) is 0. The van der Waals surface area contributed by atoms with E-state index in [1.54, 1.807) is 13.0 Å². The lowest BCUT2D eigenvalue weighted by Crippen LogP contribution is -2.32. The summed E-state index contributed by atoms with van der Waals surface area (Å²) in [6.07, 6.45) is 2.21. The fraction of sp³-hybridized carbons (Fsp3) is 0.111. The maximum atomic E-state index is 12.8. The molecule has 0 amide bonds. The van der Waals surface area contributed by atoms with Gasteiger partial charge in [0.15, 0.2) is 0 Å². The van der Waals surface area contributed by atoms with Gasteiger partial charge in [-0.1, -0.05) is 17.7 Å². The zero-order valence-corrected chi connectivity index (χ0v) is 15.6. The molecule has 3 rings (SSSR count). The van der Waals surface area contributed by atoms with Crippen molar-refractivity contribution in [1.29, 1.82) is 0 Å². The summed E-state index contributed by atoms with van der Waals surface area (Å²) >= 11 is 5.79. The Morgan fingerprint density at radius 3 is 2.23 bits per heavy atom. The number of aryl methyl sites for hydroxylation is 2. The van der Waals surface area contributed by atoms with Gasteiger partial charge in [0, 0.05) is 23.0 Å². The number of benzene rings is 2. The monoisotopic (exact) mass is 390 g/mol. The minimum atomic E-state index is -4.10. The van der Waals surface area contributed by atoms with Crippen LogP contribution in [0.1, 0.15) is 21.5 Å². The van der Waals surface area contributed by atoms with Crippen molar-refractivity contribution in [3.8, 4) is 0 Å². The fourth-order valence-electron chi connectivity index (χ4n) is 2.42. The van der Waals surface area contributed by atoms with Gasteiger partial charge in [-0.15, -0.1) is 0 Å². The first-order valence-electron chi connectivity index (χ1n) is 7.65. The van der Waals surface area contributed by atoms with E-state index in [1.807, 2.05) is 6.92 Å². The molecule has 0 bridgehead atoms. The van der Waals surface area contributed by atoms with Crippen LogP contribution in [0.25, 0.3) is 0 Å². The Labute approximate surface area is 155 Å². The molecular weight excluding hydrogens is 376 g/mol. The lowest BCUT2D eigenvalue weighted by atomic mass is 10.1. The van der Waals surface area contributed by atoms with E-state index in [0.717, 1.165) is 28.1 Å². The first kappa shape index (κ1) is 18.2. The molecule has 6 nitrogen and oxygen atoms in total. The van der Waals surface area contributed by atoms with E-state index in [-0.39, 0.29) is 10.5 Å². The van der Waals surface area contributed by atoms with Gasteiger partial charge in [-0.05, 0) is 61.4 Å². The van der Waals surface area contributed by atoms with Crippen LogP contribution in [-0.2, 0) is 10.0 Å². The Morgan fingerprint density at radius 1 is 0.962 bits per heavy atom. The summed E-state index contributed by atoms with van der Waals surface area (Å²) in [4.78, 5) is 25.0. The molecule has 0 atom stereocenters. The zero-order valence-electron chi connectivity index (χ0n) is 14.0. The molecule has 0 unspecified atom stereocenters. The predicted molar refractivity (Wildman–Crippen MR) is 98.4 cm³/mol. The van der Waals surface area contributed by atoms with Crippen molar-refractivity contribution in [2.45, 2.75) is 18.7 Å². The van der Waals surface area contributed by atoms with Gasteiger partial charge in [-0.25, -0.2) is 17.8 Å². The number of carbonyl (C=O) groups is 1. The molecule has 0 fully saturated rings. The Balaban J connectivity index is 2.05. The Kier molecular flexibility index (Phi) is 4.60. The minimum absolute atomic E-state index is 0.0145. The van der Waals surface area contributed by atoms with Gasteiger partial charge in [-0.2, -0.15) is 3.97 Å². The summed E-state index contributed by atoms with van der Waals surface area (Å²) in [5.41, 5.74) is 0.989. The van der Waals surface area contributed by atoms with Gasteiger partial charge in [0.1, 0.15) is 0 Å². The van der Waals surface area contributed by atoms with E-state index >= 15 is 0 Å². The molecule has 0 spiro atoms. The quantitative estimate of drug-likeness (QED) is 0.688. The topological polar surface area (TPSA) is 78.1 Å². The molecule has 2 aromatic carbocycles. The molecule has 134 valence electrons. The largest absolute Gasteiger partial charge is 0.349 e. The summed E-state index contributed by atoms with van der Waals surface area (Å²) in [6, 6.07) is 10.6. The van der Waals surface area contributed by atoms with E-state index < -0.39 is 21.6 Å². The van der Waals surface area contributed by atoms with Crippen molar-refractivity contribution in [1.82, 2.24) is 8.54 Å². The Bertz CT molecular complexity index is 1160. The number of halogens is 1. The summed E-state index contributed by atoms with van der Waals surface area (Å²) in [5, 5.41) is 0.448. The fourth-order valence-corrected chi connectivity index (χ4v) is 3.84. The summed E-state index contributed by atoms with van der Waals surface area (Å²) in [6.45, 7) is 3.64. The van der Waals surface area contributed by atoms with E-state index in [9.17, 15) is 18.0 Å². The van der Waals surface area contributed by atoms with Crippen LogP contribution in [0.4, 0.5) is 0 Å². The lowest BCUT2D eigenvalue weighted by Gasteiger charge is -2.07. The van der Waals surface area contributed by atoms with E-state index in [4.69, 9.17) is 11.6 Å². The highest BCUT2D eigenvalue weighted by Gasteiger charge is 2.23. The van der Waals surface area contributed by atoms with Gasteiger partial charge in [0.25, 0.3) is 15.9 Å². The molecule has 0 N–H and O–H groups in total. The molecule has 0 radical (unpaired) electrons. The minimum Gasteiger partial charge on any atom is -0.268 e. The molecule has 26 heavy (non-hydrogen) atoms. The van der Waals surface area contributed by atoms with E-state index in [1.165, 1.54) is 36.4 Å².